The molecule has 1 saturated heterocycles. The Labute approximate surface area is 212 Å². The molecule has 1 aliphatic heterocycles. The van der Waals surface area contributed by atoms with E-state index in [9.17, 15) is 4.79 Å². The van der Waals surface area contributed by atoms with Crippen molar-refractivity contribution in [3.63, 3.8) is 0 Å². The van der Waals surface area contributed by atoms with E-state index < -0.39 is 0 Å². The highest BCUT2D eigenvalue weighted by atomic mass is 32.1. The first-order valence-electron chi connectivity index (χ1n) is 11.6. The van der Waals surface area contributed by atoms with E-state index in [1.165, 1.54) is 24.0 Å². The van der Waals surface area contributed by atoms with Crippen LogP contribution in [0, 0.1) is 0 Å². The molecule has 0 bridgehead atoms. The van der Waals surface area contributed by atoms with Gasteiger partial charge in [-0.1, -0.05) is 17.4 Å². The average Bonchev–Trinajstić information content (AvgIpc) is 3.30. The molecule has 0 aliphatic carbocycles. The van der Waals surface area contributed by atoms with Gasteiger partial charge < -0.3 is 15.0 Å². The van der Waals surface area contributed by atoms with Gasteiger partial charge in [0.1, 0.15) is 22.0 Å². The quantitative estimate of drug-likeness (QED) is 0.347. The van der Waals surface area contributed by atoms with Crippen LogP contribution in [-0.4, -0.2) is 66.2 Å². The van der Waals surface area contributed by atoms with Gasteiger partial charge in [-0.25, -0.2) is 20.4 Å². The number of morpholine rings is 1. The Morgan fingerprint density at radius 3 is 2.86 bits per heavy atom. The molecule has 1 amide bonds. The van der Waals surface area contributed by atoms with Gasteiger partial charge in [0.2, 0.25) is 0 Å². The summed E-state index contributed by atoms with van der Waals surface area (Å²) < 4.78 is 5.44. The summed E-state index contributed by atoms with van der Waals surface area (Å²) in [6.07, 6.45) is 1.82. The first kappa shape index (κ1) is 24.1. The number of benzene rings is 1. The summed E-state index contributed by atoms with van der Waals surface area (Å²) in [6.45, 7) is 4.30. The van der Waals surface area contributed by atoms with Crippen molar-refractivity contribution in [2.75, 3.05) is 50.7 Å². The minimum Gasteiger partial charge on any atom is -0.379 e. The van der Waals surface area contributed by atoms with Crippen molar-refractivity contribution in [2.24, 2.45) is 0 Å². The number of hydrogen-bond donors (Lipinski definition) is 2. The summed E-state index contributed by atoms with van der Waals surface area (Å²) in [6, 6.07) is 15.2. The zero-order chi connectivity index (χ0) is 24.9. The van der Waals surface area contributed by atoms with Gasteiger partial charge in [-0.3, -0.25) is 14.5 Å². The third kappa shape index (κ3) is 5.60. The van der Waals surface area contributed by atoms with E-state index in [0.29, 0.717) is 5.56 Å². The van der Waals surface area contributed by atoms with Gasteiger partial charge in [0.05, 0.1) is 20.3 Å². The van der Waals surface area contributed by atoms with Crippen molar-refractivity contribution in [1.82, 2.24) is 25.3 Å². The molecule has 36 heavy (non-hydrogen) atoms. The second kappa shape index (κ2) is 11.0. The van der Waals surface area contributed by atoms with Crippen molar-refractivity contribution < 1.29 is 14.4 Å². The molecule has 10 nitrogen and oxygen atoms in total. The number of fused-ring (bicyclic) bond motifs is 1. The van der Waals surface area contributed by atoms with Crippen molar-refractivity contribution >= 4 is 50.0 Å². The number of amides is 1. The van der Waals surface area contributed by atoms with Gasteiger partial charge in [-0.2, -0.15) is 0 Å². The Hall–Kier alpha value is -3.64. The predicted molar refractivity (Wildman–Crippen MR) is 140 cm³/mol. The highest BCUT2D eigenvalue weighted by molar-refractivity contribution is 7.21. The largest absolute Gasteiger partial charge is 0.379 e. The van der Waals surface area contributed by atoms with E-state index in [4.69, 9.17) is 14.6 Å². The van der Waals surface area contributed by atoms with Gasteiger partial charge >= 0.3 is 0 Å². The number of carbonyl (C=O) groups excluding carboxylic acids is 1. The molecule has 0 radical (unpaired) electrons. The van der Waals surface area contributed by atoms with E-state index in [1.54, 1.807) is 12.1 Å². The molecule has 1 aromatic carbocycles. The van der Waals surface area contributed by atoms with Crippen LogP contribution in [0.1, 0.15) is 15.9 Å². The maximum Gasteiger partial charge on any atom is 0.274 e. The Balaban J connectivity index is 1.31. The van der Waals surface area contributed by atoms with Crippen molar-refractivity contribution in [2.45, 2.75) is 6.54 Å². The molecule has 11 heteroatoms. The zero-order valence-corrected chi connectivity index (χ0v) is 20.9. The lowest BCUT2D eigenvalue weighted by atomic mass is 10.2. The number of hydroxylamine groups is 1. The Kier molecular flexibility index (Phi) is 7.33. The van der Waals surface area contributed by atoms with Crippen LogP contribution in [0.5, 0.6) is 0 Å². The molecule has 4 heterocycles. The number of carbonyl (C=O) groups is 1. The highest BCUT2D eigenvalue weighted by Gasteiger charge is 2.14. The SMILES string of the molecule is CONC(=O)c1cccc(N(C)c2ccc3nc(Nc4cc(CN5CCOCC5)ccn4)sc3n2)c1. The van der Waals surface area contributed by atoms with Crippen molar-refractivity contribution in [3.8, 4) is 0 Å². The number of hydrogen-bond acceptors (Lipinski definition) is 10. The molecule has 0 unspecified atom stereocenters. The van der Waals surface area contributed by atoms with Crippen molar-refractivity contribution in [1.29, 1.82) is 0 Å². The van der Waals surface area contributed by atoms with Crippen LogP contribution in [0.3, 0.4) is 0 Å². The Morgan fingerprint density at radius 2 is 2.03 bits per heavy atom. The highest BCUT2D eigenvalue weighted by Crippen LogP contribution is 2.30. The molecule has 3 aromatic heterocycles. The van der Waals surface area contributed by atoms with E-state index in [0.717, 1.165) is 65.6 Å². The van der Waals surface area contributed by atoms with Gasteiger partial charge in [-0.05, 0) is 48.0 Å². The normalized spacial score (nSPS) is 14.1. The third-order valence-corrected chi connectivity index (χ3v) is 6.72. The molecule has 2 N–H and O–H groups in total. The summed E-state index contributed by atoms with van der Waals surface area (Å²) in [5.41, 5.74) is 5.66. The van der Waals surface area contributed by atoms with Gasteiger partial charge in [0, 0.05) is 44.1 Å². The molecular weight excluding hydrogens is 478 g/mol. The first-order chi connectivity index (χ1) is 17.6. The number of aromatic nitrogens is 3. The van der Waals surface area contributed by atoms with Gasteiger partial charge in [-0.15, -0.1) is 0 Å². The molecule has 1 aliphatic rings. The van der Waals surface area contributed by atoms with Crippen LogP contribution in [0.25, 0.3) is 10.3 Å². The van der Waals surface area contributed by atoms with Crippen molar-refractivity contribution in [3.05, 3.63) is 65.9 Å². The number of pyridine rings is 2. The second-order valence-electron chi connectivity index (χ2n) is 8.32. The molecule has 1 fully saturated rings. The lowest BCUT2D eigenvalue weighted by Gasteiger charge is -2.26. The molecule has 0 spiro atoms. The van der Waals surface area contributed by atoms with E-state index >= 15 is 0 Å². The smallest absolute Gasteiger partial charge is 0.274 e. The Morgan fingerprint density at radius 1 is 1.17 bits per heavy atom. The maximum atomic E-state index is 12.1. The fourth-order valence-corrected chi connectivity index (χ4v) is 4.80. The Bertz CT molecular complexity index is 1360. The van der Waals surface area contributed by atoms with Crippen LogP contribution >= 0.6 is 11.3 Å². The summed E-state index contributed by atoms with van der Waals surface area (Å²) >= 11 is 1.47. The third-order valence-electron chi connectivity index (χ3n) is 5.84. The fraction of sp³-hybridized carbons (Fsp3) is 0.280. The standard InChI is InChI=1S/C25H27N7O3S/c1-31(19-5-3-4-18(15-19)23(33)30-34-2)22-7-6-20-24(29-22)36-25(27-20)28-21-14-17(8-9-26-21)16-32-10-12-35-13-11-32/h3-9,14-15H,10-13,16H2,1-2H3,(H,30,33)(H,26,27,28). The lowest BCUT2D eigenvalue weighted by molar-refractivity contribution is 0.0342. The summed E-state index contributed by atoms with van der Waals surface area (Å²) in [4.78, 5) is 35.9. The minimum atomic E-state index is -0.308. The number of anilines is 4. The molecule has 0 atom stereocenters. The zero-order valence-electron chi connectivity index (χ0n) is 20.1. The maximum absolute atomic E-state index is 12.1. The van der Waals surface area contributed by atoms with Gasteiger partial charge in [0.15, 0.2) is 5.13 Å². The second-order valence-corrected chi connectivity index (χ2v) is 9.30. The van der Waals surface area contributed by atoms with Crippen LogP contribution in [0.15, 0.2) is 54.7 Å². The van der Waals surface area contributed by atoms with E-state index in [2.05, 4.69) is 31.7 Å². The number of rotatable bonds is 8. The molecule has 0 saturated carbocycles. The number of nitrogens with one attached hydrogen (secondary N) is 2. The summed E-state index contributed by atoms with van der Waals surface area (Å²) in [7, 11) is 3.31. The van der Waals surface area contributed by atoms with Crippen LogP contribution < -0.4 is 15.7 Å². The molecule has 186 valence electrons. The van der Waals surface area contributed by atoms with Crippen LogP contribution in [-0.2, 0) is 16.1 Å². The summed E-state index contributed by atoms with van der Waals surface area (Å²) in [5, 5.41) is 4.05. The van der Waals surface area contributed by atoms with E-state index in [1.807, 2.05) is 48.5 Å². The average molecular weight is 506 g/mol. The topological polar surface area (TPSA) is 105 Å². The van der Waals surface area contributed by atoms with Crippen LogP contribution in [0.2, 0.25) is 0 Å². The lowest BCUT2D eigenvalue weighted by Crippen LogP contribution is -2.35. The number of ether oxygens (including phenoxy) is 1. The molecule has 5 rings (SSSR count). The monoisotopic (exact) mass is 505 g/mol. The number of thiazole rings is 1. The number of nitrogens with zero attached hydrogens (tertiary/aromatic N) is 5. The van der Waals surface area contributed by atoms with Crippen LogP contribution in [0.4, 0.5) is 22.5 Å². The fourth-order valence-electron chi connectivity index (χ4n) is 3.96. The minimum absolute atomic E-state index is 0.308. The predicted octanol–water partition coefficient (Wildman–Crippen LogP) is 3.72. The van der Waals surface area contributed by atoms with Gasteiger partial charge in [0.25, 0.3) is 5.91 Å². The molecule has 4 aromatic rings. The first-order valence-corrected chi connectivity index (χ1v) is 12.4. The van der Waals surface area contributed by atoms with E-state index in [-0.39, 0.29) is 5.91 Å². The summed E-state index contributed by atoms with van der Waals surface area (Å²) in [5.74, 6) is 1.19. The molecular formula is C25H27N7O3S.